The number of nitrogens with one attached hydrogen (secondary N) is 1. The van der Waals surface area contributed by atoms with E-state index in [0.29, 0.717) is 18.8 Å². The lowest BCUT2D eigenvalue weighted by Crippen LogP contribution is -2.29. The Morgan fingerprint density at radius 1 is 0.862 bits per heavy atom. The summed E-state index contributed by atoms with van der Waals surface area (Å²) in [7, 11) is 0. The maximum absolute atomic E-state index is 6.47. The van der Waals surface area contributed by atoms with Crippen LogP contribution in [-0.4, -0.2) is 31.0 Å². The second-order valence-corrected chi connectivity index (χ2v) is 9.05. The summed E-state index contributed by atoms with van der Waals surface area (Å²) in [6.07, 6.45) is 15.9. The van der Waals surface area contributed by atoms with Crippen LogP contribution in [0.1, 0.15) is 76.2 Å². The van der Waals surface area contributed by atoms with Gasteiger partial charge in [-0.15, -0.1) is 0 Å². The summed E-state index contributed by atoms with van der Waals surface area (Å²) >= 11 is 0. The minimum atomic E-state index is -0.322. The van der Waals surface area contributed by atoms with Crippen LogP contribution in [-0.2, 0) is 9.57 Å². The Labute approximate surface area is 173 Å². The molecular formula is C24H33NO4. The Morgan fingerprint density at radius 3 is 2.24 bits per heavy atom. The molecule has 5 rings (SSSR count). The molecule has 1 unspecified atom stereocenters. The van der Waals surface area contributed by atoms with E-state index < -0.39 is 0 Å². The summed E-state index contributed by atoms with van der Waals surface area (Å²) in [5.74, 6) is 1.77. The molecule has 1 atom stereocenters. The Hall–Kier alpha value is -1.72. The van der Waals surface area contributed by atoms with Gasteiger partial charge in [0, 0.05) is 18.6 Å². The molecule has 2 aliphatic carbocycles. The van der Waals surface area contributed by atoms with Gasteiger partial charge in [-0.25, -0.2) is 0 Å². The van der Waals surface area contributed by atoms with Crippen LogP contribution in [0.4, 0.5) is 0 Å². The Balaban J connectivity index is 1.38. The third-order valence-corrected chi connectivity index (χ3v) is 6.73. The molecule has 1 spiro atoms. The summed E-state index contributed by atoms with van der Waals surface area (Å²) in [6, 6.07) is 6.33. The minimum absolute atomic E-state index is 0.304. The van der Waals surface area contributed by atoms with Crippen LogP contribution < -0.4 is 15.0 Å². The van der Waals surface area contributed by atoms with Gasteiger partial charge in [0.05, 0.1) is 24.5 Å². The molecule has 5 heteroatoms. The number of hydrogen-bond acceptors (Lipinski definition) is 5. The van der Waals surface area contributed by atoms with E-state index in [4.69, 9.17) is 19.0 Å². The molecule has 2 aliphatic heterocycles. The molecule has 29 heavy (non-hydrogen) atoms. The summed E-state index contributed by atoms with van der Waals surface area (Å²) in [5, 5.41) is 0. The first-order valence-corrected chi connectivity index (χ1v) is 11.5. The van der Waals surface area contributed by atoms with Crippen molar-refractivity contribution in [1.29, 1.82) is 0 Å². The molecule has 0 amide bonds. The molecule has 5 nitrogen and oxygen atoms in total. The smallest absolute Gasteiger partial charge is 0.162 e. The average Bonchev–Trinajstić information content (AvgIpc) is 3.46. The van der Waals surface area contributed by atoms with Crippen molar-refractivity contribution in [2.45, 2.75) is 88.4 Å². The lowest BCUT2D eigenvalue weighted by Gasteiger charge is -2.22. The van der Waals surface area contributed by atoms with Crippen molar-refractivity contribution in [2.24, 2.45) is 0 Å². The third kappa shape index (κ3) is 4.41. The van der Waals surface area contributed by atoms with Gasteiger partial charge in [-0.3, -0.25) is 10.3 Å². The van der Waals surface area contributed by atoms with Gasteiger partial charge in [0.15, 0.2) is 11.5 Å². The van der Waals surface area contributed by atoms with Gasteiger partial charge in [-0.1, -0.05) is 12.8 Å². The maximum atomic E-state index is 6.47. The fraction of sp³-hybridized carbons (Fsp3) is 0.667. The van der Waals surface area contributed by atoms with E-state index in [1.165, 1.54) is 38.5 Å². The number of ether oxygens (including phenoxy) is 3. The Morgan fingerprint density at radius 2 is 1.55 bits per heavy atom. The zero-order valence-corrected chi connectivity index (χ0v) is 17.3. The first-order valence-electron chi connectivity index (χ1n) is 11.5. The fourth-order valence-electron chi connectivity index (χ4n) is 4.97. The summed E-state index contributed by atoms with van der Waals surface area (Å²) < 4.78 is 18.5. The largest absolute Gasteiger partial charge is 0.487 e. The van der Waals surface area contributed by atoms with Crippen LogP contribution in [0.2, 0.25) is 0 Å². The molecule has 0 radical (unpaired) electrons. The molecule has 1 aromatic carbocycles. The molecule has 1 aromatic rings. The van der Waals surface area contributed by atoms with Crippen LogP contribution in [0.25, 0.3) is 5.70 Å². The average molecular weight is 400 g/mol. The van der Waals surface area contributed by atoms with Crippen LogP contribution in [0.15, 0.2) is 24.3 Å². The normalized spacial score (nSPS) is 28.3. The molecule has 2 heterocycles. The van der Waals surface area contributed by atoms with Crippen molar-refractivity contribution < 1.29 is 19.0 Å². The predicted molar refractivity (Wildman–Crippen MR) is 112 cm³/mol. The highest BCUT2D eigenvalue weighted by Gasteiger charge is 2.39. The van der Waals surface area contributed by atoms with E-state index in [1.807, 2.05) is 0 Å². The standard InChI is InChI=1S/C24H33NO4/c1-2-4-8-19(7-3-1)27-22-12-11-18(15-23(22)28-20-9-5-6-10-20)21-16-24(29-25-21)13-14-26-17-24/h11-12,15-16,19-20,25H,1-10,13-14,17H2. The fourth-order valence-corrected chi connectivity index (χ4v) is 4.97. The van der Waals surface area contributed by atoms with E-state index in [-0.39, 0.29) is 5.60 Å². The minimum Gasteiger partial charge on any atom is -0.487 e. The lowest BCUT2D eigenvalue weighted by molar-refractivity contribution is -0.0373. The van der Waals surface area contributed by atoms with Gasteiger partial charge < -0.3 is 14.2 Å². The number of rotatable bonds is 5. The Bertz CT molecular complexity index is 726. The zero-order chi connectivity index (χ0) is 19.5. The van der Waals surface area contributed by atoms with Gasteiger partial charge in [0.25, 0.3) is 0 Å². The first kappa shape index (κ1) is 19.3. The van der Waals surface area contributed by atoms with Gasteiger partial charge in [0.2, 0.25) is 0 Å². The highest BCUT2D eigenvalue weighted by Crippen LogP contribution is 2.38. The zero-order valence-electron chi connectivity index (χ0n) is 17.3. The number of hydroxylamine groups is 1. The van der Waals surface area contributed by atoms with Gasteiger partial charge in [-0.05, 0) is 75.6 Å². The molecular weight excluding hydrogens is 366 g/mol. The second kappa shape index (κ2) is 8.57. The maximum Gasteiger partial charge on any atom is 0.162 e. The van der Waals surface area contributed by atoms with Crippen LogP contribution in [0.3, 0.4) is 0 Å². The second-order valence-electron chi connectivity index (χ2n) is 9.05. The van der Waals surface area contributed by atoms with Crippen molar-refractivity contribution in [1.82, 2.24) is 5.48 Å². The molecule has 4 aliphatic rings. The quantitative estimate of drug-likeness (QED) is 0.695. The number of hydrogen-bond donors (Lipinski definition) is 1. The van der Waals surface area contributed by atoms with E-state index >= 15 is 0 Å². The highest BCUT2D eigenvalue weighted by atomic mass is 16.7. The molecule has 158 valence electrons. The summed E-state index contributed by atoms with van der Waals surface area (Å²) in [4.78, 5) is 5.87. The van der Waals surface area contributed by atoms with Crippen LogP contribution >= 0.6 is 0 Å². The predicted octanol–water partition coefficient (Wildman–Crippen LogP) is 5.14. The molecule has 2 saturated carbocycles. The summed E-state index contributed by atoms with van der Waals surface area (Å²) in [5.41, 5.74) is 4.87. The lowest BCUT2D eigenvalue weighted by atomic mass is 10.0. The van der Waals surface area contributed by atoms with E-state index in [1.54, 1.807) is 0 Å². The monoisotopic (exact) mass is 399 g/mol. The first-order chi connectivity index (χ1) is 14.3. The van der Waals surface area contributed by atoms with Crippen molar-refractivity contribution in [2.75, 3.05) is 13.2 Å². The highest BCUT2D eigenvalue weighted by molar-refractivity contribution is 5.68. The van der Waals surface area contributed by atoms with Crippen molar-refractivity contribution in [3.8, 4) is 11.5 Å². The third-order valence-electron chi connectivity index (χ3n) is 6.73. The van der Waals surface area contributed by atoms with Crippen LogP contribution in [0.5, 0.6) is 11.5 Å². The Kier molecular flexibility index (Phi) is 5.69. The summed E-state index contributed by atoms with van der Waals surface area (Å²) in [6.45, 7) is 1.35. The molecule has 3 fully saturated rings. The SMILES string of the molecule is C1=C(c2ccc(OC3CCCCCC3)c(OC3CCCC3)c2)NOC12CCOC2. The molecule has 1 N–H and O–H groups in total. The van der Waals surface area contributed by atoms with Gasteiger partial charge >= 0.3 is 0 Å². The molecule has 0 aromatic heterocycles. The molecule has 0 bridgehead atoms. The van der Waals surface area contributed by atoms with E-state index in [9.17, 15) is 0 Å². The van der Waals surface area contributed by atoms with Crippen molar-refractivity contribution in [3.63, 3.8) is 0 Å². The van der Waals surface area contributed by atoms with Gasteiger partial charge in [-0.2, -0.15) is 0 Å². The number of benzene rings is 1. The molecule has 1 saturated heterocycles. The topological polar surface area (TPSA) is 49.0 Å². The van der Waals surface area contributed by atoms with E-state index in [0.717, 1.165) is 61.5 Å². The van der Waals surface area contributed by atoms with Gasteiger partial charge in [0.1, 0.15) is 5.60 Å². The van der Waals surface area contributed by atoms with Crippen molar-refractivity contribution >= 4 is 5.70 Å². The van der Waals surface area contributed by atoms with E-state index in [2.05, 4.69) is 29.8 Å². The van der Waals surface area contributed by atoms with Crippen LogP contribution in [0, 0.1) is 0 Å². The van der Waals surface area contributed by atoms with Crippen molar-refractivity contribution in [3.05, 3.63) is 29.8 Å².